The lowest BCUT2D eigenvalue weighted by molar-refractivity contribution is -0.119. The molecule has 1 aromatic heterocycles. The van der Waals surface area contributed by atoms with E-state index in [2.05, 4.69) is 15.5 Å². The zero-order chi connectivity index (χ0) is 21.0. The van der Waals surface area contributed by atoms with Crippen molar-refractivity contribution < 1.29 is 27.1 Å². The number of anilines is 1. The molecule has 0 bridgehead atoms. The zero-order valence-corrected chi connectivity index (χ0v) is 17.2. The average Bonchev–Trinajstić information content (AvgIpc) is 3.26. The van der Waals surface area contributed by atoms with E-state index in [-0.39, 0.29) is 30.3 Å². The standard InChI is InChI=1S/C17H19FN4O5S2/c1-10(23)19-8-12-9-22(17(24)27-12)11-4-5-13(14(18)7-11)16-21-20-15(28-16)3-2-6-29(25)26/h4-5,7,12,29H,2-3,6,8-9H2,1H3,(H,19,23)/t12-/m0/s1. The molecule has 3 rings (SSSR count). The van der Waals surface area contributed by atoms with Crippen LogP contribution in [-0.4, -0.2) is 55.6 Å². The lowest BCUT2D eigenvalue weighted by atomic mass is 10.2. The van der Waals surface area contributed by atoms with Gasteiger partial charge in [0.2, 0.25) is 5.91 Å². The van der Waals surface area contributed by atoms with E-state index in [0.717, 1.165) is 0 Å². The number of amides is 2. The maximum Gasteiger partial charge on any atom is 0.414 e. The fourth-order valence-electron chi connectivity index (χ4n) is 2.76. The topological polar surface area (TPSA) is 119 Å². The van der Waals surface area contributed by atoms with Crippen molar-refractivity contribution in [3.63, 3.8) is 0 Å². The number of thiol groups is 1. The van der Waals surface area contributed by atoms with E-state index in [1.165, 1.54) is 35.3 Å². The third kappa shape index (κ3) is 5.48. The summed E-state index contributed by atoms with van der Waals surface area (Å²) in [5.41, 5.74) is 0.584. The summed E-state index contributed by atoms with van der Waals surface area (Å²) in [6, 6.07) is 4.32. The van der Waals surface area contributed by atoms with Crippen LogP contribution >= 0.6 is 11.3 Å². The molecule has 9 nitrogen and oxygen atoms in total. The minimum absolute atomic E-state index is 0.0716. The predicted octanol–water partition coefficient (Wildman–Crippen LogP) is 1.35. The molecule has 1 fully saturated rings. The van der Waals surface area contributed by atoms with Crippen molar-refractivity contribution in [1.82, 2.24) is 15.5 Å². The summed E-state index contributed by atoms with van der Waals surface area (Å²) in [7, 11) is -2.43. The Morgan fingerprint density at radius 1 is 1.41 bits per heavy atom. The largest absolute Gasteiger partial charge is 0.442 e. The molecular formula is C17H19FN4O5S2. The first-order chi connectivity index (χ1) is 13.8. The van der Waals surface area contributed by atoms with Gasteiger partial charge in [0.15, 0.2) is 5.01 Å². The lowest BCUT2D eigenvalue weighted by Crippen LogP contribution is -2.33. The molecule has 0 radical (unpaired) electrons. The summed E-state index contributed by atoms with van der Waals surface area (Å²) in [5.74, 6) is -0.721. The monoisotopic (exact) mass is 442 g/mol. The molecule has 1 aromatic carbocycles. The van der Waals surface area contributed by atoms with Gasteiger partial charge in [-0.05, 0) is 24.6 Å². The smallest absolute Gasteiger partial charge is 0.414 e. The van der Waals surface area contributed by atoms with E-state index >= 15 is 0 Å². The number of cyclic esters (lactones) is 1. The van der Waals surface area contributed by atoms with Crippen LogP contribution in [0.1, 0.15) is 18.4 Å². The molecule has 1 atom stereocenters. The average molecular weight is 442 g/mol. The van der Waals surface area contributed by atoms with E-state index < -0.39 is 28.7 Å². The van der Waals surface area contributed by atoms with Gasteiger partial charge in [0.05, 0.1) is 18.8 Å². The molecule has 2 heterocycles. The Kier molecular flexibility index (Phi) is 6.75. The Morgan fingerprint density at radius 2 is 2.21 bits per heavy atom. The number of hydrogen-bond acceptors (Lipinski definition) is 8. The molecule has 1 aliphatic rings. The minimum atomic E-state index is -2.43. The van der Waals surface area contributed by atoms with Crippen molar-refractivity contribution >= 4 is 39.7 Å². The fraction of sp³-hybridized carbons (Fsp3) is 0.412. The minimum Gasteiger partial charge on any atom is -0.442 e. The highest BCUT2D eigenvalue weighted by atomic mass is 32.2. The van der Waals surface area contributed by atoms with Crippen LogP contribution in [0.2, 0.25) is 0 Å². The van der Waals surface area contributed by atoms with Gasteiger partial charge in [-0.3, -0.25) is 9.69 Å². The molecule has 0 aliphatic carbocycles. The number of benzene rings is 1. The third-order valence-electron chi connectivity index (χ3n) is 4.15. The molecule has 1 saturated heterocycles. The van der Waals surface area contributed by atoms with Crippen LogP contribution < -0.4 is 10.2 Å². The molecule has 0 saturated carbocycles. The van der Waals surface area contributed by atoms with Crippen LogP contribution in [0.5, 0.6) is 0 Å². The molecule has 1 N–H and O–H groups in total. The van der Waals surface area contributed by atoms with E-state index in [9.17, 15) is 22.4 Å². The van der Waals surface area contributed by atoms with Crippen molar-refractivity contribution in [1.29, 1.82) is 0 Å². The summed E-state index contributed by atoms with van der Waals surface area (Å²) in [4.78, 5) is 24.3. The predicted molar refractivity (Wildman–Crippen MR) is 105 cm³/mol. The SMILES string of the molecule is CC(=O)NC[C@H]1CN(c2ccc(-c3nnc(CCC[SH](=O)=O)s3)c(F)c2)C(=O)O1. The molecule has 156 valence electrons. The second-order valence-electron chi connectivity index (χ2n) is 6.38. The van der Waals surface area contributed by atoms with Crippen molar-refractivity contribution in [3.05, 3.63) is 29.0 Å². The van der Waals surface area contributed by atoms with E-state index in [0.29, 0.717) is 28.5 Å². The second kappa shape index (κ2) is 9.27. The molecule has 0 unspecified atom stereocenters. The van der Waals surface area contributed by atoms with Gasteiger partial charge < -0.3 is 10.1 Å². The number of rotatable bonds is 8. The highest BCUT2D eigenvalue weighted by Gasteiger charge is 2.32. The number of aromatic nitrogens is 2. The van der Waals surface area contributed by atoms with Gasteiger partial charge in [-0.25, -0.2) is 17.6 Å². The number of nitrogens with one attached hydrogen (secondary N) is 1. The first-order valence-electron chi connectivity index (χ1n) is 8.80. The molecule has 2 aromatic rings. The molecular weight excluding hydrogens is 423 g/mol. The first-order valence-corrected chi connectivity index (χ1v) is 11.0. The summed E-state index contributed by atoms with van der Waals surface area (Å²) >= 11 is 1.20. The second-order valence-corrected chi connectivity index (χ2v) is 8.55. The number of aryl methyl sites for hydroxylation is 1. The lowest BCUT2D eigenvalue weighted by Gasteiger charge is -2.14. The van der Waals surface area contributed by atoms with E-state index in [4.69, 9.17) is 4.74 Å². The van der Waals surface area contributed by atoms with Gasteiger partial charge in [0.25, 0.3) is 0 Å². The third-order valence-corrected chi connectivity index (χ3v) is 5.84. The van der Waals surface area contributed by atoms with Crippen LogP contribution in [-0.2, 0) is 26.7 Å². The normalized spacial score (nSPS) is 16.3. The van der Waals surface area contributed by atoms with Gasteiger partial charge in [0.1, 0.15) is 27.6 Å². The number of nitrogens with zero attached hydrogens (tertiary/aromatic N) is 3. The van der Waals surface area contributed by atoms with E-state index in [1.54, 1.807) is 6.07 Å². The van der Waals surface area contributed by atoms with Gasteiger partial charge in [-0.2, -0.15) is 0 Å². The summed E-state index contributed by atoms with van der Waals surface area (Å²) in [6.07, 6.45) is -0.229. The Bertz CT molecular complexity index is 986. The molecule has 0 spiro atoms. The quantitative estimate of drug-likeness (QED) is 0.593. The summed E-state index contributed by atoms with van der Waals surface area (Å²) in [6.45, 7) is 1.75. The summed E-state index contributed by atoms with van der Waals surface area (Å²) < 4.78 is 41.1. The molecule has 1 aliphatic heterocycles. The maximum absolute atomic E-state index is 14.7. The number of halogens is 1. The van der Waals surface area contributed by atoms with Gasteiger partial charge >= 0.3 is 6.09 Å². The zero-order valence-electron chi connectivity index (χ0n) is 15.5. The Labute approximate surface area is 171 Å². The van der Waals surface area contributed by atoms with Crippen molar-refractivity contribution in [3.8, 4) is 10.6 Å². The number of carbonyl (C=O) groups is 2. The maximum atomic E-state index is 14.7. The van der Waals surface area contributed by atoms with Gasteiger partial charge in [0, 0.05) is 24.7 Å². The van der Waals surface area contributed by atoms with Gasteiger partial charge in [-0.1, -0.05) is 11.3 Å². The van der Waals surface area contributed by atoms with Crippen molar-refractivity contribution in [2.24, 2.45) is 0 Å². The summed E-state index contributed by atoms with van der Waals surface area (Å²) in [5, 5.41) is 11.5. The van der Waals surface area contributed by atoms with Crippen molar-refractivity contribution in [2.75, 3.05) is 23.7 Å². The van der Waals surface area contributed by atoms with Crippen LogP contribution in [0.3, 0.4) is 0 Å². The van der Waals surface area contributed by atoms with Gasteiger partial charge in [-0.15, -0.1) is 10.2 Å². The highest BCUT2D eigenvalue weighted by Crippen LogP contribution is 2.31. The molecule has 29 heavy (non-hydrogen) atoms. The Hall–Kier alpha value is -2.60. The first kappa shape index (κ1) is 21.1. The number of carbonyl (C=O) groups excluding carboxylic acids is 2. The number of hydrogen-bond donors (Lipinski definition) is 2. The van der Waals surface area contributed by atoms with Crippen LogP contribution in [0.4, 0.5) is 14.9 Å². The number of ether oxygens (including phenoxy) is 1. The highest BCUT2D eigenvalue weighted by molar-refractivity contribution is 7.72. The fourth-order valence-corrected chi connectivity index (χ4v) is 4.09. The van der Waals surface area contributed by atoms with Crippen molar-refractivity contribution in [2.45, 2.75) is 25.9 Å². The Balaban J connectivity index is 1.68. The Morgan fingerprint density at radius 3 is 2.90 bits per heavy atom. The van der Waals surface area contributed by atoms with Crippen LogP contribution in [0.25, 0.3) is 10.6 Å². The van der Waals surface area contributed by atoms with Crippen LogP contribution in [0, 0.1) is 5.82 Å². The van der Waals surface area contributed by atoms with Crippen LogP contribution in [0.15, 0.2) is 18.2 Å². The van der Waals surface area contributed by atoms with E-state index in [1.807, 2.05) is 0 Å². The molecule has 12 heteroatoms. The molecule has 2 amide bonds.